The fourth-order valence-electron chi connectivity index (χ4n) is 3.34. The fourth-order valence-corrected chi connectivity index (χ4v) is 3.34. The molecule has 118 valence electrons. The molecule has 0 heterocycles. The molecule has 0 saturated heterocycles. The number of ether oxygens (including phenoxy) is 1. The molecule has 1 aliphatic carbocycles. The molecule has 2 nitrogen and oxygen atoms in total. The average Bonchev–Trinajstić information content (AvgIpc) is 2.48. The first kappa shape index (κ1) is 16.1. The molecule has 0 spiro atoms. The van der Waals surface area contributed by atoms with Crippen molar-refractivity contribution in [2.45, 2.75) is 37.9 Å². The molecular formula is C16H22F3NO. The van der Waals surface area contributed by atoms with E-state index in [1.807, 2.05) is 24.3 Å². The van der Waals surface area contributed by atoms with E-state index in [1.165, 1.54) is 0 Å². The first-order valence-corrected chi connectivity index (χ1v) is 7.33. The highest BCUT2D eigenvalue weighted by Gasteiger charge is 2.43. The van der Waals surface area contributed by atoms with Gasteiger partial charge in [-0.2, -0.15) is 13.2 Å². The summed E-state index contributed by atoms with van der Waals surface area (Å²) >= 11 is 0. The van der Waals surface area contributed by atoms with Crippen LogP contribution in [0.5, 0.6) is 5.75 Å². The van der Waals surface area contributed by atoms with Crippen molar-refractivity contribution in [3.05, 3.63) is 29.8 Å². The molecule has 0 radical (unpaired) electrons. The van der Waals surface area contributed by atoms with Gasteiger partial charge in [0.25, 0.3) is 0 Å². The minimum Gasteiger partial charge on any atom is -0.497 e. The molecular weight excluding hydrogens is 279 g/mol. The summed E-state index contributed by atoms with van der Waals surface area (Å²) in [5.74, 6) is -0.434. The SMILES string of the molecule is CNC(c1cccc(OC)c1)C1CCCC(C(F)(F)F)C1. The van der Waals surface area contributed by atoms with E-state index in [0.29, 0.717) is 6.42 Å². The van der Waals surface area contributed by atoms with Gasteiger partial charge in [-0.15, -0.1) is 0 Å². The molecule has 0 aromatic heterocycles. The predicted octanol–water partition coefficient (Wildman–Crippen LogP) is 4.32. The van der Waals surface area contributed by atoms with Crippen LogP contribution in [0.25, 0.3) is 0 Å². The van der Waals surface area contributed by atoms with Crippen LogP contribution in [0.4, 0.5) is 13.2 Å². The van der Waals surface area contributed by atoms with Gasteiger partial charge in [-0.05, 0) is 49.9 Å². The number of hydrogen-bond donors (Lipinski definition) is 1. The summed E-state index contributed by atoms with van der Waals surface area (Å²) in [6, 6.07) is 7.50. The highest BCUT2D eigenvalue weighted by molar-refractivity contribution is 5.31. The molecule has 1 fully saturated rings. The van der Waals surface area contributed by atoms with Crippen molar-refractivity contribution in [1.29, 1.82) is 0 Å². The number of benzene rings is 1. The molecule has 5 heteroatoms. The van der Waals surface area contributed by atoms with Crippen molar-refractivity contribution in [3.63, 3.8) is 0 Å². The van der Waals surface area contributed by atoms with Gasteiger partial charge in [0.15, 0.2) is 0 Å². The number of halogens is 3. The topological polar surface area (TPSA) is 21.3 Å². The number of methoxy groups -OCH3 is 1. The second-order valence-corrected chi connectivity index (χ2v) is 5.71. The molecule has 0 bridgehead atoms. The van der Waals surface area contributed by atoms with E-state index in [2.05, 4.69) is 5.32 Å². The monoisotopic (exact) mass is 301 g/mol. The third kappa shape index (κ3) is 3.90. The zero-order valence-electron chi connectivity index (χ0n) is 12.4. The van der Waals surface area contributed by atoms with E-state index in [1.54, 1.807) is 14.2 Å². The third-order valence-corrected chi connectivity index (χ3v) is 4.41. The minimum atomic E-state index is -4.08. The fraction of sp³-hybridized carbons (Fsp3) is 0.625. The van der Waals surface area contributed by atoms with Gasteiger partial charge < -0.3 is 10.1 Å². The average molecular weight is 301 g/mol. The van der Waals surface area contributed by atoms with Gasteiger partial charge >= 0.3 is 6.18 Å². The molecule has 3 atom stereocenters. The molecule has 1 aliphatic rings. The Balaban J connectivity index is 2.16. The van der Waals surface area contributed by atoms with Crippen LogP contribution in [-0.2, 0) is 0 Å². The second-order valence-electron chi connectivity index (χ2n) is 5.71. The Hall–Kier alpha value is -1.23. The molecule has 0 amide bonds. The minimum absolute atomic E-state index is 0.00230. The smallest absolute Gasteiger partial charge is 0.391 e. The van der Waals surface area contributed by atoms with Gasteiger partial charge in [0.05, 0.1) is 13.0 Å². The summed E-state index contributed by atoms with van der Waals surface area (Å²) in [6.45, 7) is 0. The predicted molar refractivity (Wildman–Crippen MR) is 76.3 cm³/mol. The van der Waals surface area contributed by atoms with Crippen LogP contribution >= 0.6 is 0 Å². The molecule has 1 N–H and O–H groups in total. The first-order valence-electron chi connectivity index (χ1n) is 7.33. The zero-order valence-corrected chi connectivity index (χ0v) is 12.4. The standard InChI is InChI=1S/C16H22F3NO/c1-20-15(12-6-4-8-14(10-12)21-2)11-5-3-7-13(9-11)16(17,18)19/h4,6,8,10-11,13,15,20H,3,5,7,9H2,1-2H3. The largest absolute Gasteiger partial charge is 0.497 e. The van der Waals surface area contributed by atoms with Crippen molar-refractivity contribution in [1.82, 2.24) is 5.32 Å². The Morgan fingerprint density at radius 1 is 1.29 bits per heavy atom. The van der Waals surface area contributed by atoms with Crippen LogP contribution in [0, 0.1) is 11.8 Å². The summed E-state index contributed by atoms with van der Waals surface area (Å²) < 4.78 is 44.1. The van der Waals surface area contributed by atoms with Gasteiger partial charge in [0.2, 0.25) is 0 Å². The lowest BCUT2D eigenvalue weighted by Crippen LogP contribution is -2.34. The Morgan fingerprint density at radius 2 is 2.05 bits per heavy atom. The van der Waals surface area contributed by atoms with Crippen LogP contribution in [0.3, 0.4) is 0 Å². The molecule has 3 unspecified atom stereocenters. The highest BCUT2D eigenvalue weighted by Crippen LogP contribution is 2.44. The quantitative estimate of drug-likeness (QED) is 0.894. The molecule has 1 aromatic rings. The van der Waals surface area contributed by atoms with E-state index < -0.39 is 12.1 Å². The Morgan fingerprint density at radius 3 is 2.67 bits per heavy atom. The van der Waals surface area contributed by atoms with E-state index >= 15 is 0 Å². The lowest BCUT2D eigenvalue weighted by atomic mass is 9.75. The van der Waals surface area contributed by atoms with Crippen LogP contribution in [0.1, 0.15) is 37.3 Å². The Kier molecular flexibility index (Phi) is 5.14. The van der Waals surface area contributed by atoms with E-state index in [4.69, 9.17) is 4.74 Å². The van der Waals surface area contributed by atoms with E-state index in [0.717, 1.165) is 17.7 Å². The number of hydrogen-bond acceptors (Lipinski definition) is 2. The maximum atomic E-state index is 13.0. The Bertz CT molecular complexity index is 461. The lowest BCUT2D eigenvalue weighted by Gasteiger charge is -2.35. The van der Waals surface area contributed by atoms with E-state index in [-0.39, 0.29) is 24.8 Å². The van der Waals surface area contributed by atoms with Gasteiger partial charge in [-0.3, -0.25) is 0 Å². The zero-order chi connectivity index (χ0) is 15.5. The summed E-state index contributed by atoms with van der Waals surface area (Å²) in [7, 11) is 3.40. The first-order chi connectivity index (χ1) is 9.95. The molecule has 21 heavy (non-hydrogen) atoms. The number of alkyl halides is 3. The van der Waals surface area contributed by atoms with Crippen molar-refractivity contribution in [2.75, 3.05) is 14.2 Å². The molecule has 2 rings (SSSR count). The highest BCUT2D eigenvalue weighted by atomic mass is 19.4. The lowest BCUT2D eigenvalue weighted by molar-refractivity contribution is -0.186. The molecule has 0 aliphatic heterocycles. The number of rotatable bonds is 4. The maximum absolute atomic E-state index is 13.0. The summed E-state index contributed by atoms with van der Waals surface area (Å²) in [4.78, 5) is 0. The van der Waals surface area contributed by atoms with E-state index in [9.17, 15) is 13.2 Å². The van der Waals surface area contributed by atoms with Crippen molar-refractivity contribution in [2.24, 2.45) is 11.8 Å². The van der Waals surface area contributed by atoms with Crippen molar-refractivity contribution in [3.8, 4) is 5.75 Å². The van der Waals surface area contributed by atoms with Gasteiger partial charge in [-0.1, -0.05) is 18.6 Å². The normalized spacial score (nSPS) is 24.6. The maximum Gasteiger partial charge on any atom is 0.391 e. The van der Waals surface area contributed by atoms with Gasteiger partial charge in [0, 0.05) is 6.04 Å². The van der Waals surface area contributed by atoms with Crippen LogP contribution in [-0.4, -0.2) is 20.3 Å². The molecule has 1 saturated carbocycles. The summed E-state index contributed by atoms with van der Waals surface area (Å²) in [5.41, 5.74) is 0.990. The van der Waals surface area contributed by atoms with Gasteiger partial charge in [-0.25, -0.2) is 0 Å². The van der Waals surface area contributed by atoms with Gasteiger partial charge in [0.1, 0.15) is 5.75 Å². The summed E-state index contributed by atoms with van der Waals surface area (Å²) in [5, 5.41) is 3.19. The second kappa shape index (κ2) is 6.69. The van der Waals surface area contributed by atoms with Crippen molar-refractivity contribution >= 4 is 0 Å². The van der Waals surface area contributed by atoms with Crippen molar-refractivity contribution < 1.29 is 17.9 Å². The Labute approximate surface area is 123 Å². The summed E-state index contributed by atoms with van der Waals surface area (Å²) in [6.07, 6.45) is -2.15. The number of nitrogens with one attached hydrogen (secondary N) is 1. The van der Waals surface area contributed by atoms with Crippen LogP contribution in [0.2, 0.25) is 0 Å². The van der Waals surface area contributed by atoms with Crippen LogP contribution in [0.15, 0.2) is 24.3 Å². The third-order valence-electron chi connectivity index (χ3n) is 4.41. The van der Waals surface area contributed by atoms with Crippen LogP contribution < -0.4 is 10.1 Å². The molecule has 1 aromatic carbocycles.